The number of aryl methyl sites for hydroxylation is 1. The second-order valence-electron chi connectivity index (χ2n) is 7.65. The van der Waals surface area contributed by atoms with Crippen molar-refractivity contribution in [3.8, 4) is 0 Å². The summed E-state index contributed by atoms with van der Waals surface area (Å²) in [6, 6.07) is 7.66. The summed E-state index contributed by atoms with van der Waals surface area (Å²) in [7, 11) is 0. The van der Waals surface area contributed by atoms with E-state index in [0.29, 0.717) is 5.56 Å². The van der Waals surface area contributed by atoms with Gasteiger partial charge in [-0.1, -0.05) is 19.1 Å². The van der Waals surface area contributed by atoms with Crippen LogP contribution in [0.2, 0.25) is 0 Å². The molecule has 0 spiro atoms. The van der Waals surface area contributed by atoms with Crippen molar-refractivity contribution in [2.24, 2.45) is 5.92 Å². The highest BCUT2D eigenvalue weighted by Gasteiger charge is 2.23. The van der Waals surface area contributed by atoms with Crippen LogP contribution in [0.1, 0.15) is 53.6 Å². The van der Waals surface area contributed by atoms with Crippen molar-refractivity contribution in [3.05, 3.63) is 52.2 Å². The monoisotopic (exact) mass is 412 g/mol. The second-order valence-corrected chi connectivity index (χ2v) is 9.70. The van der Waals surface area contributed by atoms with Gasteiger partial charge in [-0.25, -0.2) is 14.8 Å². The zero-order valence-electron chi connectivity index (χ0n) is 16.4. The number of nitrogens with zero attached hydrogens (tertiary/aromatic N) is 2. The molecule has 0 N–H and O–H groups in total. The van der Waals surface area contributed by atoms with Crippen LogP contribution in [0, 0.1) is 5.92 Å². The average Bonchev–Trinajstić information content (AvgIpc) is 3.04. The van der Waals surface area contributed by atoms with Crippen molar-refractivity contribution >= 4 is 39.3 Å². The molecule has 0 bridgehead atoms. The van der Waals surface area contributed by atoms with Gasteiger partial charge in [-0.3, -0.25) is 0 Å². The Morgan fingerprint density at radius 1 is 1.29 bits per heavy atom. The van der Waals surface area contributed by atoms with Crippen LogP contribution in [-0.4, -0.2) is 22.0 Å². The molecular weight excluding hydrogens is 388 g/mol. The fourth-order valence-corrected chi connectivity index (χ4v) is 5.92. The van der Waals surface area contributed by atoms with Crippen molar-refractivity contribution in [1.29, 1.82) is 0 Å². The number of hydrogen-bond acceptors (Lipinski definition) is 6. The lowest BCUT2D eigenvalue weighted by molar-refractivity contribution is 0.0378. The molecule has 146 valence electrons. The molecule has 0 radical (unpaired) electrons. The van der Waals surface area contributed by atoms with Gasteiger partial charge in [-0.15, -0.1) is 23.1 Å². The molecule has 0 saturated carbocycles. The van der Waals surface area contributed by atoms with Gasteiger partial charge in [0.05, 0.1) is 11.7 Å². The predicted molar refractivity (Wildman–Crippen MR) is 115 cm³/mol. The molecule has 28 heavy (non-hydrogen) atoms. The summed E-state index contributed by atoms with van der Waals surface area (Å²) < 4.78 is 5.25. The Morgan fingerprint density at radius 3 is 2.82 bits per heavy atom. The Morgan fingerprint density at radius 2 is 2.07 bits per heavy atom. The summed E-state index contributed by atoms with van der Waals surface area (Å²) in [4.78, 5) is 23.7. The number of rotatable bonds is 5. The molecule has 0 saturated heterocycles. The molecule has 0 fully saturated rings. The first-order valence-corrected chi connectivity index (χ1v) is 11.5. The molecular formula is C22H24N2O2S2. The highest BCUT2D eigenvalue weighted by molar-refractivity contribution is 7.98. The number of ether oxygens (including phenoxy) is 1. The summed E-state index contributed by atoms with van der Waals surface area (Å²) in [6.07, 6.45) is 5.10. The van der Waals surface area contributed by atoms with E-state index >= 15 is 0 Å². The van der Waals surface area contributed by atoms with Gasteiger partial charge in [0.15, 0.2) is 0 Å². The first kappa shape index (κ1) is 19.4. The standard InChI is InChI=1S/C22H24N2O2S2/c1-13(2)26-22(25)16-7-5-15(6-8-16)11-27-20-19-17-9-4-14(3)10-18(17)28-21(19)24-12-23-20/h5-8,12-14H,4,9-11H2,1-3H3. The smallest absolute Gasteiger partial charge is 0.338 e. The van der Waals surface area contributed by atoms with Crippen LogP contribution in [0.25, 0.3) is 10.2 Å². The number of hydrogen-bond donors (Lipinski definition) is 0. The highest BCUT2D eigenvalue weighted by atomic mass is 32.2. The van der Waals surface area contributed by atoms with E-state index in [4.69, 9.17) is 4.74 Å². The molecule has 1 aromatic carbocycles. The zero-order valence-corrected chi connectivity index (χ0v) is 18.0. The summed E-state index contributed by atoms with van der Waals surface area (Å²) in [5, 5.41) is 2.33. The van der Waals surface area contributed by atoms with Crippen molar-refractivity contribution < 1.29 is 9.53 Å². The topological polar surface area (TPSA) is 52.1 Å². The Kier molecular flexibility index (Phi) is 5.69. The number of thiophene rings is 1. The molecule has 0 aliphatic heterocycles. The number of benzene rings is 1. The molecule has 0 amide bonds. The lowest BCUT2D eigenvalue weighted by Gasteiger charge is -2.18. The number of aromatic nitrogens is 2. The molecule has 2 aromatic heterocycles. The minimum atomic E-state index is -0.272. The van der Waals surface area contributed by atoms with Crippen LogP contribution < -0.4 is 0 Å². The zero-order chi connectivity index (χ0) is 19.7. The minimum Gasteiger partial charge on any atom is -0.459 e. The van der Waals surface area contributed by atoms with E-state index in [1.807, 2.05) is 49.4 Å². The lowest BCUT2D eigenvalue weighted by Crippen LogP contribution is -2.11. The van der Waals surface area contributed by atoms with E-state index < -0.39 is 0 Å². The van der Waals surface area contributed by atoms with Crippen molar-refractivity contribution in [3.63, 3.8) is 0 Å². The maximum absolute atomic E-state index is 12.0. The molecule has 2 heterocycles. The molecule has 1 unspecified atom stereocenters. The molecule has 6 heteroatoms. The fraction of sp³-hybridized carbons (Fsp3) is 0.409. The summed E-state index contributed by atoms with van der Waals surface area (Å²) in [5.41, 5.74) is 3.22. The van der Waals surface area contributed by atoms with Gasteiger partial charge >= 0.3 is 5.97 Å². The number of fused-ring (bicyclic) bond motifs is 3. The minimum absolute atomic E-state index is 0.109. The largest absolute Gasteiger partial charge is 0.459 e. The predicted octanol–water partition coefficient (Wildman–Crippen LogP) is 5.67. The lowest BCUT2D eigenvalue weighted by atomic mass is 9.89. The van der Waals surface area contributed by atoms with Crippen molar-refractivity contribution in [2.75, 3.05) is 0 Å². The van der Waals surface area contributed by atoms with Crippen LogP contribution in [-0.2, 0) is 23.3 Å². The summed E-state index contributed by atoms with van der Waals surface area (Å²) >= 11 is 3.58. The quantitative estimate of drug-likeness (QED) is 0.307. The molecule has 1 atom stereocenters. The van der Waals surface area contributed by atoms with E-state index in [-0.39, 0.29) is 12.1 Å². The number of carbonyl (C=O) groups is 1. The number of thioether (sulfide) groups is 1. The van der Waals surface area contributed by atoms with E-state index in [2.05, 4.69) is 16.9 Å². The van der Waals surface area contributed by atoms with Gasteiger partial charge < -0.3 is 4.74 Å². The van der Waals surface area contributed by atoms with Gasteiger partial charge in [-0.05, 0) is 62.3 Å². The molecule has 3 aromatic rings. The van der Waals surface area contributed by atoms with Crippen molar-refractivity contribution in [1.82, 2.24) is 9.97 Å². The van der Waals surface area contributed by atoms with Gasteiger partial charge in [0, 0.05) is 16.0 Å². The maximum Gasteiger partial charge on any atom is 0.338 e. The van der Waals surface area contributed by atoms with Crippen LogP contribution in [0.15, 0.2) is 35.6 Å². The molecule has 4 nitrogen and oxygen atoms in total. The third-order valence-electron chi connectivity index (χ3n) is 4.96. The van der Waals surface area contributed by atoms with Crippen LogP contribution in [0.5, 0.6) is 0 Å². The third kappa shape index (κ3) is 4.08. The Hall–Kier alpha value is -1.92. The Bertz CT molecular complexity index is 996. The molecule has 4 rings (SSSR count). The maximum atomic E-state index is 12.0. The van der Waals surface area contributed by atoms with E-state index in [9.17, 15) is 4.79 Å². The first-order valence-electron chi connectivity index (χ1n) is 9.69. The highest BCUT2D eigenvalue weighted by Crippen LogP contribution is 2.41. The van der Waals surface area contributed by atoms with Crippen LogP contribution in [0.3, 0.4) is 0 Å². The van der Waals surface area contributed by atoms with Gasteiger partial charge in [0.2, 0.25) is 0 Å². The van der Waals surface area contributed by atoms with Gasteiger partial charge in [0.25, 0.3) is 0 Å². The average molecular weight is 413 g/mol. The van der Waals surface area contributed by atoms with E-state index in [0.717, 1.165) is 39.9 Å². The summed E-state index contributed by atoms with van der Waals surface area (Å²) in [5.74, 6) is 1.29. The van der Waals surface area contributed by atoms with E-state index in [1.54, 1.807) is 18.1 Å². The molecule has 1 aliphatic rings. The second kappa shape index (κ2) is 8.21. The first-order chi connectivity index (χ1) is 13.5. The molecule has 1 aliphatic carbocycles. The van der Waals surface area contributed by atoms with E-state index in [1.165, 1.54) is 22.2 Å². The van der Waals surface area contributed by atoms with Crippen LogP contribution in [0.4, 0.5) is 0 Å². The fourth-order valence-electron chi connectivity index (χ4n) is 3.53. The van der Waals surface area contributed by atoms with Crippen molar-refractivity contribution in [2.45, 2.75) is 56.9 Å². The normalized spacial score (nSPS) is 16.4. The number of carbonyl (C=O) groups excluding carboxylic acids is 1. The number of esters is 1. The van der Waals surface area contributed by atoms with Gasteiger partial charge in [-0.2, -0.15) is 0 Å². The Balaban J connectivity index is 1.51. The summed E-state index contributed by atoms with van der Waals surface area (Å²) in [6.45, 7) is 6.04. The third-order valence-corrected chi connectivity index (χ3v) is 7.19. The SMILES string of the molecule is CC1CCc2c(sc3ncnc(SCc4ccc(C(=O)OC(C)C)cc4)c23)C1. The van der Waals surface area contributed by atoms with Gasteiger partial charge in [0.1, 0.15) is 16.2 Å². The van der Waals surface area contributed by atoms with Crippen LogP contribution >= 0.6 is 23.1 Å². The Labute approximate surface area is 173 Å².